The van der Waals surface area contributed by atoms with E-state index in [4.69, 9.17) is 11.6 Å². The molecule has 7 nitrogen and oxygen atoms in total. The maximum Gasteiger partial charge on any atom is 0.279 e. The number of aliphatic hydroxyl groups is 1. The Bertz CT molecular complexity index is 1260. The highest BCUT2D eigenvalue weighted by Crippen LogP contribution is 2.48. The average molecular weight is 535 g/mol. The summed E-state index contributed by atoms with van der Waals surface area (Å²) in [6.07, 6.45) is -0.428. The number of nitrogens with zero attached hydrogens (tertiary/aromatic N) is 1. The van der Waals surface area contributed by atoms with Crippen molar-refractivity contribution in [2.24, 2.45) is 0 Å². The summed E-state index contributed by atoms with van der Waals surface area (Å²) in [7, 11) is -8.09. The van der Waals surface area contributed by atoms with Gasteiger partial charge in [0.2, 0.25) is 0 Å². The third-order valence-corrected chi connectivity index (χ3v) is 11.1. The van der Waals surface area contributed by atoms with E-state index in [0.717, 1.165) is 22.5 Å². The van der Waals surface area contributed by atoms with Gasteiger partial charge in [0.25, 0.3) is 10.2 Å². The SMILES string of the molecule is O=S(=O)(NC1CCC(c2cc(F)ccc2F)(S(=O)(=O)c2ccc(Cl)cc2)CC1)N1CCC(O)C1. The molecule has 34 heavy (non-hydrogen) atoms. The van der Waals surface area contributed by atoms with E-state index in [2.05, 4.69) is 4.72 Å². The van der Waals surface area contributed by atoms with E-state index in [-0.39, 0.29) is 49.2 Å². The summed E-state index contributed by atoms with van der Waals surface area (Å²) in [6.45, 7) is 0.179. The van der Waals surface area contributed by atoms with Crippen LogP contribution in [-0.2, 0) is 24.8 Å². The van der Waals surface area contributed by atoms with Gasteiger partial charge in [-0.2, -0.15) is 17.4 Å². The predicted octanol–water partition coefficient (Wildman–Crippen LogP) is 3.13. The van der Waals surface area contributed by atoms with Crippen molar-refractivity contribution in [3.05, 3.63) is 64.7 Å². The fourth-order valence-corrected chi connectivity index (χ4v) is 8.60. The molecule has 0 aromatic heterocycles. The van der Waals surface area contributed by atoms with Crippen LogP contribution >= 0.6 is 11.6 Å². The van der Waals surface area contributed by atoms with Crippen molar-refractivity contribution in [2.75, 3.05) is 13.1 Å². The van der Waals surface area contributed by atoms with Gasteiger partial charge < -0.3 is 5.11 Å². The molecule has 0 amide bonds. The van der Waals surface area contributed by atoms with Gasteiger partial charge >= 0.3 is 0 Å². The summed E-state index contributed by atoms with van der Waals surface area (Å²) in [5.41, 5.74) is -0.272. The van der Waals surface area contributed by atoms with Gasteiger partial charge in [-0.1, -0.05) is 11.6 Å². The minimum atomic E-state index is -4.21. The molecule has 1 atom stereocenters. The van der Waals surface area contributed by atoms with Crippen molar-refractivity contribution in [2.45, 2.75) is 53.9 Å². The molecule has 186 valence electrons. The lowest BCUT2D eigenvalue weighted by molar-refractivity contribution is 0.189. The van der Waals surface area contributed by atoms with E-state index in [1.54, 1.807) is 0 Å². The van der Waals surface area contributed by atoms with Gasteiger partial charge in [-0.05, 0) is 74.6 Å². The number of nitrogens with one attached hydrogen (secondary N) is 1. The minimum Gasteiger partial charge on any atom is -0.392 e. The summed E-state index contributed by atoms with van der Waals surface area (Å²) in [4.78, 5) is -0.0781. The number of aliphatic hydroxyl groups excluding tert-OH is 1. The van der Waals surface area contributed by atoms with E-state index < -0.39 is 48.6 Å². The number of hydrogen-bond acceptors (Lipinski definition) is 5. The van der Waals surface area contributed by atoms with Crippen LogP contribution < -0.4 is 4.72 Å². The normalized spacial score (nSPS) is 26.6. The Labute approximate surface area is 202 Å². The number of rotatable bonds is 6. The predicted molar refractivity (Wildman–Crippen MR) is 123 cm³/mol. The van der Waals surface area contributed by atoms with Crippen molar-refractivity contribution in [1.82, 2.24) is 9.03 Å². The van der Waals surface area contributed by atoms with Crippen molar-refractivity contribution in [1.29, 1.82) is 0 Å². The molecule has 1 saturated carbocycles. The van der Waals surface area contributed by atoms with E-state index in [1.165, 1.54) is 24.3 Å². The van der Waals surface area contributed by atoms with Gasteiger partial charge in [0.15, 0.2) is 9.84 Å². The number of hydrogen-bond donors (Lipinski definition) is 2. The molecular formula is C22H25ClF2N2O5S2. The van der Waals surface area contributed by atoms with E-state index in [1.807, 2.05) is 0 Å². The topological polar surface area (TPSA) is 104 Å². The van der Waals surface area contributed by atoms with E-state index in [9.17, 15) is 30.7 Å². The molecule has 2 aromatic rings. The van der Waals surface area contributed by atoms with Crippen molar-refractivity contribution in [3.8, 4) is 0 Å². The highest BCUT2D eigenvalue weighted by Gasteiger charge is 2.50. The first-order chi connectivity index (χ1) is 15.9. The number of halogens is 3. The number of β-amino-alcohol motifs (C(OH)–C–C–N with tert-alkyl or cyclic N) is 1. The Kier molecular flexibility index (Phi) is 7.07. The van der Waals surface area contributed by atoms with Crippen molar-refractivity contribution in [3.63, 3.8) is 0 Å². The van der Waals surface area contributed by atoms with Gasteiger partial charge in [0, 0.05) is 29.7 Å². The van der Waals surface area contributed by atoms with Crippen LogP contribution in [0.2, 0.25) is 5.02 Å². The van der Waals surface area contributed by atoms with Crippen LogP contribution in [0.4, 0.5) is 8.78 Å². The molecule has 12 heteroatoms. The third kappa shape index (κ3) is 4.74. The molecule has 2 N–H and O–H groups in total. The largest absolute Gasteiger partial charge is 0.392 e. The monoisotopic (exact) mass is 534 g/mol. The van der Waals surface area contributed by atoms with Gasteiger partial charge in [0.1, 0.15) is 16.4 Å². The molecular weight excluding hydrogens is 510 g/mol. The zero-order valence-electron chi connectivity index (χ0n) is 18.1. The third-order valence-electron chi connectivity index (χ3n) is 6.63. The summed E-state index contributed by atoms with van der Waals surface area (Å²) < 4.78 is 84.0. The number of benzene rings is 2. The standard InChI is InChI=1S/C22H25ClF2N2O5S2/c23-15-1-4-19(5-2-15)33(29,30)22(20-13-16(24)3-6-21(20)25)10-7-17(8-11-22)26-34(31,32)27-12-9-18(28)14-27/h1-6,13,17-18,26,28H,7-12,14H2. The molecule has 1 saturated heterocycles. The molecule has 4 rings (SSSR count). The van der Waals surface area contributed by atoms with Crippen LogP contribution in [0.25, 0.3) is 0 Å². The van der Waals surface area contributed by atoms with E-state index in [0.29, 0.717) is 11.4 Å². The Morgan fingerprint density at radius 1 is 1.00 bits per heavy atom. The number of sulfone groups is 1. The van der Waals surface area contributed by atoms with Crippen LogP contribution in [-0.4, -0.2) is 51.5 Å². The van der Waals surface area contributed by atoms with Crippen molar-refractivity contribution < 1.29 is 30.7 Å². The van der Waals surface area contributed by atoms with E-state index >= 15 is 0 Å². The molecule has 1 aliphatic heterocycles. The quantitative estimate of drug-likeness (QED) is 0.592. The highest BCUT2D eigenvalue weighted by molar-refractivity contribution is 7.92. The molecule has 1 unspecified atom stereocenters. The average Bonchev–Trinajstić information content (AvgIpc) is 3.23. The maximum atomic E-state index is 14.9. The lowest BCUT2D eigenvalue weighted by Gasteiger charge is -2.40. The Morgan fingerprint density at radius 2 is 1.65 bits per heavy atom. The highest BCUT2D eigenvalue weighted by atomic mass is 35.5. The smallest absolute Gasteiger partial charge is 0.279 e. The second-order valence-electron chi connectivity index (χ2n) is 8.77. The first-order valence-corrected chi connectivity index (χ1v) is 14.2. The van der Waals surface area contributed by atoms with Gasteiger partial charge in [-0.3, -0.25) is 0 Å². The fraction of sp³-hybridized carbons (Fsp3) is 0.455. The molecule has 2 aromatic carbocycles. The summed E-state index contributed by atoms with van der Waals surface area (Å²) in [6, 6.07) is 7.60. The molecule has 0 spiro atoms. The van der Waals surface area contributed by atoms with Crippen molar-refractivity contribution >= 4 is 31.6 Å². The molecule has 1 aliphatic carbocycles. The lowest BCUT2D eigenvalue weighted by Crippen LogP contribution is -2.49. The van der Waals surface area contributed by atoms with Gasteiger partial charge in [-0.25, -0.2) is 17.2 Å². The van der Waals surface area contributed by atoms with Crippen LogP contribution in [0, 0.1) is 11.6 Å². The van der Waals surface area contributed by atoms with Crippen LogP contribution in [0.5, 0.6) is 0 Å². The minimum absolute atomic E-state index is 0.00849. The lowest BCUT2D eigenvalue weighted by atomic mass is 9.80. The van der Waals surface area contributed by atoms with Crippen LogP contribution in [0.15, 0.2) is 47.4 Å². The Balaban J connectivity index is 1.66. The summed E-state index contributed by atoms with van der Waals surface area (Å²) in [5, 5.41) is 9.98. The zero-order chi connectivity index (χ0) is 24.7. The Morgan fingerprint density at radius 3 is 2.24 bits per heavy atom. The fourth-order valence-electron chi connectivity index (χ4n) is 4.78. The summed E-state index contributed by atoms with van der Waals surface area (Å²) >= 11 is 5.90. The first kappa shape index (κ1) is 25.5. The molecule has 0 radical (unpaired) electrons. The van der Waals surface area contributed by atoms with Crippen LogP contribution in [0.3, 0.4) is 0 Å². The molecule has 0 bridgehead atoms. The Hall–Kier alpha value is -1.63. The second kappa shape index (κ2) is 9.44. The molecule has 2 fully saturated rings. The van der Waals surface area contributed by atoms with Crippen LogP contribution in [0.1, 0.15) is 37.7 Å². The zero-order valence-corrected chi connectivity index (χ0v) is 20.5. The summed E-state index contributed by atoms with van der Waals surface area (Å²) in [5.74, 6) is -1.61. The molecule has 1 heterocycles. The van der Waals surface area contributed by atoms with Gasteiger partial charge in [-0.15, -0.1) is 0 Å². The molecule has 2 aliphatic rings. The maximum absolute atomic E-state index is 14.9. The van der Waals surface area contributed by atoms with Gasteiger partial charge in [0.05, 0.1) is 11.0 Å². The second-order valence-corrected chi connectivity index (χ2v) is 13.2. The first-order valence-electron chi connectivity index (χ1n) is 10.9.